The van der Waals surface area contributed by atoms with Crippen LogP contribution in [0.3, 0.4) is 0 Å². The van der Waals surface area contributed by atoms with E-state index in [0.29, 0.717) is 19.3 Å². The molecule has 82 heavy (non-hydrogen) atoms. The van der Waals surface area contributed by atoms with Gasteiger partial charge in [-0.1, -0.05) is 239 Å². The lowest BCUT2D eigenvalue weighted by Gasteiger charge is -2.21. The van der Waals surface area contributed by atoms with E-state index in [0.717, 1.165) is 141 Å². The fraction of sp³-hybridized carbons (Fsp3) is 0.671. The first-order chi connectivity index (χ1) is 40.2. The monoisotopic (exact) mass is 1160 g/mol. The molecule has 0 aromatic carbocycles. The lowest BCUT2D eigenvalue weighted by Crippen LogP contribution is -2.30. The number of allylic oxidation sites excluding steroid dienone is 20. The van der Waals surface area contributed by atoms with Crippen molar-refractivity contribution in [3.05, 3.63) is 122 Å². The lowest BCUT2D eigenvalue weighted by atomic mass is 10.1. The molecule has 0 heterocycles. The topological polar surface area (TPSA) is 155 Å². The standard InChI is InChI=1S/C70H117O11P/c1-4-7-10-13-16-19-22-25-28-31-33-36-38-41-44-47-50-53-56-59-68(72)77-63-67(81-70(74)61-58-55-52-49-46-43-40-37-34-32-29-26-23-20-17-14-11-8-5-2)65-79-82(75,76)78-64-66(62-71)80-69(73)60-57-54-51-48-45-42-39-35-30-27-24-21-18-15-12-9-6-3/h8-9,11-12,16-21,25-30,34,37,43,46,66-67,71H,4-7,10,13-15,22-24,31-33,35-36,38-42,44-45,47-65H2,1-3H3,(H,75,76)/b11-8-,12-9-,19-16-,20-17-,21-18-,28-25-,29-26-,30-27-,37-34-,46-43-. The van der Waals surface area contributed by atoms with Gasteiger partial charge in [0.25, 0.3) is 0 Å². The number of ether oxygens (including phenoxy) is 3. The molecule has 468 valence electrons. The summed E-state index contributed by atoms with van der Waals surface area (Å²) in [6.07, 6.45) is 78.6. The molecule has 11 nitrogen and oxygen atoms in total. The predicted molar refractivity (Wildman–Crippen MR) is 343 cm³/mol. The first kappa shape index (κ1) is 77.9. The Hall–Kier alpha value is -4.12. The quantitative estimate of drug-likeness (QED) is 0.0197. The molecule has 0 saturated heterocycles. The molecule has 0 aliphatic rings. The molecule has 0 aromatic heterocycles. The van der Waals surface area contributed by atoms with Crippen LogP contribution in [0.25, 0.3) is 0 Å². The van der Waals surface area contributed by atoms with Crippen LogP contribution in [0.15, 0.2) is 122 Å². The van der Waals surface area contributed by atoms with E-state index in [9.17, 15) is 28.9 Å². The summed E-state index contributed by atoms with van der Waals surface area (Å²) in [5.74, 6) is -1.52. The number of unbranched alkanes of at least 4 members (excludes halogenated alkanes) is 22. The average Bonchev–Trinajstić information content (AvgIpc) is 3.50. The van der Waals surface area contributed by atoms with Gasteiger partial charge in [0.1, 0.15) is 12.7 Å². The largest absolute Gasteiger partial charge is 0.472 e. The zero-order valence-electron chi connectivity index (χ0n) is 51.9. The highest BCUT2D eigenvalue weighted by Gasteiger charge is 2.28. The predicted octanol–water partition coefficient (Wildman–Crippen LogP) is 19.9. The highest BCUT2D eigenvalue weighted by atomic mass is 31.2. The van der Waals surface area contributed by atoms with Gasteiger partial charge in [0.05, 0.1) is 19.8 Å². The van der Waals surface area contributed by atoms with Crippen molar-refractivity contribution < 1.29 is 52.2 Å². The molecule has 0 aromatic rings. The number of phosphoric ester groups is 1. The number of phosphoric acid groups is 1. The van der Waals surface area contributed by atoms with Crippen LogP contribution in [-0.2, 0) is 42.2 Å². The SMILES string of the molecule is CC/C=C\C/C=C\C/C=C\C/C=C\C/C=C\CCCCCC(=O)OC(COC(=O)CCCCCCCCCCC/C=C\C/C=C\CCCCC)COP(=O)(O)OCC(CO)OC(=O)CCCCCCCCC/C=C\C/C=C\C/C=C\CC. The molecule has 0 amide bonds. The summed E-state index contributed by atoms with van der Waals surface area (Å²) in [5.41, 5.74) is 0. The molecule has 3 unspecified atom stereocenters. The van der Waals surface area contributed by atoms with Gasteiger partial charge in [-0.05, 0) is 128 Å². The van der Waals surface area contributed by atoms with Crippen LogP contribution in [0.5, 0.6) is 0 Å². The van der Waals surface area contributed by atoms with Crippen LogP contribution < -0.4 is 0 Å². The fourth-order valence-electron chi connectivity index (χ4n) is 8.49. The summed E-state index contributed by atoms with van der Waals surface area (Å²) in [6, 6.07) is 0. The third-order valence-corrected chi connectivity index (χ3v) is 14.3. The number of aliphatic hydroxyl groups is 1. The molecular weight excluding hydrogens is 1050 g/mol. The third kappa shape index (κ3) is 60.5. The third-order valence-electron chi connectivity index (χ3n) is 13.3. The van der Waals surface area contributed by atoms with Crippen LogP contribution >= 0.6 is 7.82 Å². The zero-order valence-corrected chi connectivity index (χ0v) is 52.8. The van der Waals surface area contributed by atoms with Crippen molar-refractivity contribution in [1.29, 1.82) is 0 Å². The number of carbonyl (C=O) groups excluding carboxylic acids is 3. The zero-order chi connectivity index (χ0) is 59.8. The van der Waals surface area contributed by atoms with E-state index in [-0.39, 0.29) is 25.9 Å². The Kier molecular flexibility index (Phi) is 59.8. The van der Waals surface area contributed by atoms with Gasteiger partial charge in [0, 0.05) is 19.3 Å². The van der Waals surface area contributed by atoms with Crippen molar-refractivity contribution >= 4 is 25.7 Å². The van der Waals surface area contributed by atoms with Gasteiger partial charge in [-0.2, -0.15) is 0 Å². The second-order valence-corrected chi connectivity index (χ2v) is 22.6. The van der Waals surface area contributed by atoms with Gasteiger partial charge >= 0.3 is 25.7 Å². The van der Waals surface area contributed by atoms with Crippen LogP contribution in [-0.4, -0.2) is 66.5 Å². The van der Waals surface area contributed by atoms with Crippen molar-refractivity contribution in [1.82, 2.24) is 0 Å². The van der Waals surface area contributed by atoms with E-state index in [4.69, 9.17) is 23.3 Å². The van der Waals surface area contributed by atoms with Crippen LogP contribution in [0, 0.1) is 0 Å². The van der Waals surface area contributed by atoms with E-state index < -0.39 is 57.8 Å². The molecule has 0 rings (SSSR count). The number of carbonyl (C=O) groups is 3. The molecule has 0 spiro atoms. The smallest absolute Gasteiger partial charge is 0.462 e. The highest BCUT2D eigenvalue weighted by Crippen LogP contribution is 2.43. The van der Waals surface area contributed by atoms with Gasteiger partial charge in [0.2, 0.25) is 0 Å². The molecule has 3 atom stereocenters. The molecule has 0 bridgehead atoms. The van der Waals surface area contributed by atoms with E-state index >= 15 is 0 Å². The minimum atomic E-state index is -4.78. The van der Waals surface area contributed by atoms with Crippen molar-refractivity contribution in [3.63, 3.8) is 0 Å². The van der Waals surface area contributed by atoms with Gasteiger partial charge in [0.15, 0.2) is 6.10 Å². The summed E-state index contributed by atoms with van der Waals surface area (Å²) in [6.45, 7) is 4.36. The van der Waals surface area contributed by atoms with Gasteiger partial charge < -0.3 is 24.2 Å². The van der Waals surface area contributed by atoms with Crippen molar-refractivity contribution in [2.24, 2.45) is 0 Å². The minimum Gasteiger partial charge on any atom is -0.462 e. The second-order valence-electron chi connectivity index (χ2n) is 21.2. The Morgan fingerprint density at radius 3 is 0.988 bits per heavy atom. The Labute approximate surface area is 500 Å². The molecule has 2 N–H and O–H groups in total. The summed E-state index contributed by atoms with van der Waals surface area (Å²) in [7, 11) is -4.78. The summed E-state index contributed by atoms with van der Waals surface area (Å²) < 4.78 is 39.7. The van der Waals surface area contributed by atoms with E-state index in [1.807, 2.05) is 0 Å². The van der Waals surface area contributed by atoms with E-state index in [2.05, 4.69) is 142 Å². The summed E-state index contributed by atoms with van der Waals surface area (Å²) in [5, 5.41) is 9.86. The fourth-order valence-corrected chi connectivity index (χ4v) is 9.27. The molecule has 12 heteroatoms. The number of rotatable bonds is 59. The van der Waals surface area contributed by atoms with E-state index in [1.165, 1.54) is 64.2 Å². The van der Waals surface area contributed by atoms with Gasteiger partial charge in [-0.3, -0.25) is 23.4 Å². The first-order valence-electron chi connectivity index (χ1n) is 32.4. The van der Waals surface area contributed by atoms with Crippen molar-refractivity contribution in [2.75, 3.05) is 26.4 Å². The molecule has 0 aliphatic carbocycles. The minimum absolute atomic E-state index is 0.121. The number of hydrogen-bond acceptors (Lipinski definition) is 10. The highest BCUT2D eigenvalue weighted by molar-refractivity contribution is 7.47. The van der Waals surface area contributed by atoms with Crippen LogP contribution in [0.2, 0.25) is 0 Å². The maximum Gasteiger partial charge on any atom is 0.472 e. The van der Waals surface area contributed by atoms with Crippen LogP contribution in [0.4, 0.5) is 0 Å². The molecule has 0 fully saturated rings. The number of aliphatic hydroxyl groups excluding tert-OH is 1. The van der Waals surface area contributed by atoms with E-state index in [1.54, 1.807) is 0 Å². The first-order valence-corrected chi connectivity index (χ1v) is 33.9. The number of esters is 3. The van der Waals surface area contributed by atoms with Crippen molar-refractivity contribution in [2.45, 2.75) is 277 Å². The normalized spacial score (nSPS) is 14.1. The molecule has 0 radical (unpaired) electrons. The Morgan fingerprint density at radius 1 is 0.354 bits per heavy atom. The Morgan fingerprint density at radius 2 is 0.634 bits per heavy atom. The Bertz CT molecular complexity index is 1840. The Balaban J connectivity index is 4.78. The maximum absolute atomic E-state index is 13.0. The summed E-state index contributed by atoms with van der Waals surface area (Å²) in [4.78, 5) is 48.8. The number of hydrogen-bond donors (Lipinski definition) is 2. The van der Waals surface area contributed by atoms with Crippen LogP contribution in [0.1, 0.15) is 265 Å². The average molecular weight is 1170 g/mol. The molecule has 0 saturated carbocycles. The summed E-state index contributed by atoms with van der Waals surface area (Å²) >= 11 is 0. The van der Waals surface area contributed by atoms with Gasteiger partial charge in [-0.25, -0.2) is 4.57 Å². The molecular formula is C70H117O11P. The maximum atomic E-state index is 13.0. The second kappa shape index (κ2) is 62.9. The van der Waals surface area contributed by atoms with Gasteiger partial charge in [-0.15, -0.1) is 0 Å². The lowest BCUT2D eigenvalue weighted by molar-refractivity contribution is -0.161. The molecule has 0 aliphatic heterocycles. The van der Waals surface area contributed by atoms with Crippen molar-refractivity contribution in [3.8, 4) is 0 Å².